The average Bonchev–Trinajstić information content (AvgIpc) is 2.73. The number of unbranched alkanes of at least 4 members (excludes halogenated alkanes) is 10. The number of aliphatic imine (C=N–C) groups is 1. The summed E-state index contributed by atoms with van der Waals surface area (Å²) in [5.41, 5.74) is 15.8. The van der Waals surface area contributed by atoms with Gasteiger partial charge in [-0.2, -0.15) is 0 Å². The fourth-order valence-electron chi connectivity index (χ4n) is 3.41. The SMILES string of the molecule is CCCCCCCCCCCCCC(=O)NCCC(=O)N[C@@H](CCCN=C(N)N)C(N)=O. The molecular formula is C23H46N6O3. The summed E-state index contributed by atoms with van der Waals surface area (Å²) in [5.74, 6) is -1.000. The average molecular weight is 455 g/mol. The van der Waals surface area contributed by atoms with Crippen LogP contribution in [0.15, 0.2) is 4.99 Å². The Labute approximate surface area is 193 Å². The molecule has 8 N–H and O–H groups in total. The van der Waals surface area contributed by atoms with Crippen molar-refractivity contribution in [3.8, 4) is 0 Å². The summed E-state index contributed by atoms with van der Waals surface area (Å²) in [5, 5.41) is 5.35. The number of nitrogens with one attached hydrogen (secondary N) is 2. The first-order valence-corrected chi connectivity index (χ1v) is 12.3. The highest BCUT2D eigenvalue weighted by atomic mass is 16.2. The van der Waals surface area contributed by atoms with Crippen molar-refractivity contribution in [2.24, 2.45) is 22.2 Å². The molecule has 0 aliphatic heterocycles. The van der Waals surface area contributed by atoms with Gasteiger partial charge in [0.05, 0.1) is 0 Å². The Kier molecular flexibility index (Phi) is 19.1. The van der Waals surface area contributed by atoms with Crippen LogP contribution in [0.25, 0.3) is 0 Å². The first kappa shape index (κ1) is 29.7. The quantitative estimate of drug-likeness (QED) is 0.102. The Morgan fingerprint density at radius 2 is 1.31 bits per heavy atom. The van der Waals surface area contributed by atoms with Crippen LogP contribution in [0.5, 0.6) is 0 Å². The van der Waals surface area contributed by atoms with Crippen LogP contribution in [0, 0.1) is 0 Å². The number of hydrogen-bond acceptors (Lipinski definition) is 4. The second kappa shape index (κ2) is 20.6. The summed E-state index contributed by atoms with van der Waals surface area (Å²) < 4.78 is 0. The third-order valence-electron chi connectivity index (χ3n) is 5.31. The largest absolute Gasteiger partial charge is 0.370 e. The lowest BCUT2D eigenvalue weighted by Crippen LogP contribution is -2.45. The van der Waals surface area contributed by atoms with Crippen LogP contribution in [0.2, 0.25) is 0 Å². The molecule has 186 valence electrons. The normalized spacial score (nSPS) is 11.5. The Hall–Kier alpha value is -2.32. The minimum Gasteiger partial charge on any atom is -0.370 e. The molecule has 0 unspecified atom stereocenters. The van der Waals surface area contributed by atoms with Gasteiger partial charge in [-0.05, 0) is 19.3 Å². The summed E-state index contributed by atoms with van der Waals surface area (Å²) in [6.07, 6.45) is 15.1. The van der Waals surface area contributed by atoms with Crippen molar-refractivity contribution in [2.75, 3.05) is 13.1 Å². The van der Waals surface area contributed by atoms with Crippen LogP contribution < -0.4 is 27.8 Å². The van der Waals surface area contributed by atoms with E-state index in [0.717, 1.165) is 12.8 Å². The van der Waals surface area contributed by atoms with Crippen molar-refractivity contribution in [3.05, 3.63) is 0 Å². The number of rotatable bonds is 21. The number of carbonyl (C=O) groups excluding carboxylic acids is 3. The number of guanidine groups is 1. The van der Waals surface area contributed by atoms with Gasteiger partial charge in [-0.1, -0.05) is 71.1 Å². The number of hydrogen-bond donors (Lipinski definition) is 5. The Morgan fingerprint density at radius 3 is 1.84 bits per heavy atom. The van der Waals surface area contributed by atoms with E-state index in [1.54, 1.807) is 0 Å². The van der Waals surface area contributed by atoms with Gasteiger partial charge in [0.15, 0.2) is 5.96 Å². The van der Waals surface area contributed by atoms with E-state index in [-0.39, 0.29) is 30.7 Å². The van der Waals surface area contributed by atoms with Crippen molar-refractivity contribution in [3.63, 3.8) is 0 Å². The van der Waals surface area contributed by atoms with Crippen molar-refractivity contribution in [2.45, 2.75) is 109 Å². The molecule has 0 rings (SSSR count). The fraction of sp³-hybridized carbons (Fsp3) is 0.826. The van der Waals surface area contributed by atoms with E-state index in [4.69, 9.17) is 17.2 Å². The molecule has 32 heavy (non-hydrogen) atoms. The van der Waals surface area contributed by atoms with Gasteiger partial charge < -0.3 is 27.8 Å². The van der Waals surface area contributed by atoms with E-state index in [2.05, 4.69) is 22.5 Å². The molecule has 0 heterocycles. The van der Waals surface area contributed by atoms with Crippen LogP contribution in [0.3, 0.4) is 0 Å². The van der Waals surface area contributed by atoms with Gasteiger partial charge in [-0.15, -0.1) is 0 Å². The van der Waals surface area contributed by atoms with Crippen LogP contribution in [-0.4, -0.2) is 42.8 Å². The van der Waals surface area contributed by atoms with Gasteiger partial charge in [0.2, 0.25) is 17.7 Å². The number of carbonyl (C=O) groups is 3. The minimum absolute atomic E-state index is 0.0198. The van der Waals surface area contributed by atoms with Gasteiger partial charge in [-0.3, -0.25) is 19.4 Å². The lowest BCUT2D eigenvalue weighted by Gasteiger charge is -2.15. The predicted octanol–water partition coefficient (Wildman–Crippen LogP) is 2.22. The maximum Gasteiger partial charge on any atom is 0.240 e. The van der Waals surface area contributed by atoms with Crippen molar-refractivity contribution < 1.29 is 14.4 Å². The molecule has 0 saturated heterocycles. The van der Waals surface area contributed by atoms with Crippen molar-refractivity contribution >= 4 is 23.7 Å². The van der Waals surface area contributed by atoms with Crippen molar-refractivity contribution in [1.82, 2.24) is 10.6 Å². The zero-order valence-corrected chi connectivity index (χ0v) is 20.0. The second-order valence-electron chi connectivity index (χ2n) is 8.36. The monoisotopic (exact) mass is 454 g/mol. The predicted molar refractivity (Wildman–Crippen MR) is 130 cm³/mol. The smallest absolute Gasteiger partial charge is 0.240 e. The van der Waals surface area contributed by atoms with Gasteiger partial charge >= 0.3 is 0 Å². The molecule has 0 aliphatic rings. The maximum atomic E-state index is 12.0. The first-order valence-electron chi connectivity index (χ1n) is 12.3. The minimum atomic E-state index is -0.774. The van der Waals surface area contributed by atoms with Gasteiger partial charge in [0.1, 0.15) is 6.04 Å². The lowest BCUT2D eigenvalue weighted by atomic mass is 10.1. The summed E-state index contributed by atoms with van der Waals surface area (Å²) >= 11 is 0. The molecule has 0 saturated carbocycles. The molecule has 0 radical (unpaired) electrons. The van der Waals surface area contributed by atoms with E-state index in [9.17, 15) is 14.4 Å². The Balaban J connectivity index is 3.71. The molecule has 1 atom stereocenters. The summed E-state index contributed by atoms with van der Waals surface area (Å²) in [7, 11) is 0. The third kappa shape index (κ3) is 19.6. The Bertz CT molecular complexity index is 550. The molecule has 0 aromatic rings. The third-order valence-corrected chi connectivity index (χ3v) is 5.31. The molecule has 0 bridgehead atoms. The van der Waals surface area contributed by atoms with E-state index in [0.29, 0.717) is 25.8 Å². The number of nitrogens with two attached hydrogens (primary N) is 3. The maximum absolute atomic E-state index is 12.0. The van der Waals surface area contributed by atoms with Gasteiger partial charge in [-0.25, -0.2) is 0 Å². The summed E-state index contributed by atoms with van der Waals surface area (Å²) in [6.45, 7) is 2.83. The zero-order chi connectivity index (χ0) is 24.0. The van der Waals surface area contributed by atoms with Gasteiger partial charge in [0, 0.05) is 25.9 Å². The van der Waals surface area contributed by atoms with Crippen LogP contribution in [-0.2, 0) is 14.4 Å². The highest BCUT2D eigenvalue weighted by Gasteiger charge is 2.17. The molecule has 0 aliphatic carbocycles. The van der Waals surface area contributed by atoms with Crippen LogP contribution >= 0.6 is 0 Å². The van der Waals surface area contributed by atoms with Crippen LogP contribution in [0.4, 0.5) is 0 Å². The molecule has 0 fully saturated rings. The molecule has 9 heteroatoms. The number of nitrogens with zero attached hydrogens (tertiary/aromatic N) is 1. The van der Waals surface area contributed by atoms with Gasteiger partial charge in [0.25, 0.3) is 0 Å². The molecule has 0 spiro atoms. The highest BCUT2D eigenvalue weighted by molar-refractivity contribution is 5.86. The number of amides is 3. The first-order chi connectivity index (χ1) is 15.4. The summed E-state index contributed by atoms with van der Waals surface area (Å²) in [4.78, 5) is 39.2. The van der Waals surface area contributed by atoms with E-state index < -0.39 is 11.9 Å². The lowest BCUT2D eigenvalue weighted by molar-refractivity contribution is -0.127. The Morgan fingerprint density at radius 1 is 0.750 bits per heavy atom. The fourth-order valence-corrected chi connectivity index (χ4v) is 3.41. The molecule has 0 aromatic heterocycles. The van der Waals surface area contributed by atoms with Crippen LogP contribution in [0.1, 0.15) is 103 Å². The molecule has 9 nitrogen and oxygen atoms in total. The second-order valence-corrected chi connectivity index (χ2v) is 8.36. The standard InChI is InChI=1S/C23H46N6O3/c1-2-3-4-5-6-7-8-9-10-11-12-15-20(30)27-18-16-21(31)29-19(22(24)32)14-13-17-28-23(25)26/h19H,2-18H2,1H3,(H2,24,32)(H,27,30)(H,29,31)(H4,25,26,28)/t19-/m0/s1. The number of primary amides is 1. The highest BCUT2D eigenvalue weighted by Crippen LogP contribution is 2.11. The van der Waals surface area contributed by atoms with Crippen molar-refractivity contribution in [1.29, 1.82) is 0 Å². The summed E-state index contributed by atoms with van der Waals surface area (Å²) in [6, 6.07) is -0.774. The van der Waals surface area contributed by atoms with E-state index >= 15 is 0 Å². The molecular weight excluding hydrogens is 408 g/mol. The zero-order valence-electron chi connectivity index (χ0n) is 20.0. The van der Waals surface area contributed by atoms with E-state index in [1.165, 1.54) is 57.8 Å². The topological polar surface area (TPSA) is 166 Å². The van der Waals surface area contributed by atoms with E-state index in [1.807, 2.05) is 0 Å². The molecule has 3 amide bonds. The molecule has 0 aromatic carbocycles.